The molecule has 1 aromatic heterocycles. The van der Waals surface area contributed by atoms with E-state index in [9.17, 15) is 0 Å². The van der Waals surface area contributed by atoms with Gasteiger partial charge in [-0.2, -0.15) is 5.26 Å². The van der Waals surface area contributed by atoms with Crippen LogP contribution >= 0.6 is 11.6 Å². The van der Waals surface area contributed by atoms with Crippen molar-refractivity contribution in [2.75, 3.05) is 0 Å². The molecule has 0 bridgehead atoms. The van der Waals surface area contributed by atoms with E-state index in [0.29, 0.717) is 10.8 Å². The van der Waals surface area contributed by atoms with Crippen molar-refractivity contribution in [1.82, 2.24) is 9.97 Å². The number of rotatable bonds is 1. The number of nitrogens with zero attached hydrogens (tertiary/aromatic N) is 2. The summed E-state index contributed by atoms with van der Waals surface area (Å²) in [6.07, 6.45) is 1.60. The Labute approximate surface area is 86.0 Å². The van der Waals surface area contributed by atoms with Crippen molar-refractivity contribution in [1.29, 1.82) is 5.26 Å². The summed E-state index contributed by atoms with van der Waals surface area (Å²) in [5.74, 6) is 0.292. The predicted molar refractivity (Wildman–Crippen MR) is 53.7 cm³/mol. The van der Waals surface area contributed by atoms with Crippen LogP contribution in [0.5, 0.6) is 0 Å². The number of nitrogens with one attached hydrogen (secondary N) is 1. The summed E-state index contributed by atoms with van der Waals surface area (Å²) in [4.78, 5) is 6.74. The van der Waals surface area contributed by atoms with Crippen molar-refractivity contribution in [3.8, 4) is 17.3 Å². The van der Waals surface area contributed by atoms with E-state index in [-0.39, 0.29) is 0 Å². The number of hydrogen-bond donors (Lipinski definition) is 1. The summed E-state index contributed by atoms with van der Waals surface area (Å²) in [6.45, 7) is 0. The molecule has 0 aliphatic rings. The smallest absolute Gasteiger partial charge is 0.210 e. The molecule has 1 N–H and O–H groups in total. The Hall–Kier alpha value is -1.79. The molecule has 1 aromatic carbocycles. The number of nitriles is 1. The Morgan fingerprint density at radius 3 is 2.79 bits per heavy atom. The predicted octanol–water partition coefficient (Wildman–Crippen LogP) is 2.60. The van der Waals surface area contributed by atoms with Crippen LogP contribution in [-0.2, 0) is 0 Å². The number of benzene rings is 1. The van der Waals surface area contributed by atoms with Crippen molar-refractivity contribution < 1.29 is 0 Å². The van der Waals surface area contributed by atoms with E-state index in [1.165, 1.54) is 0 Å². The Balaban J connectivity index is 2.51. The molecule has 0 saturated heterocycles. The van der Waals surface area contributed by atoms with Crippen LogP contribution in [0, 0.1) is 11.3 Å². The topological polar surface area (TPSA) is 52.5 Å². The molecule has 0 amide bonds. The summed E-state index contributed by atoms with van der Waals surface area (Å²) in [7, 11) is 0. The maximum absolute atomic E-state index is 8.59. The van der Waals surface area contributed by atoms with Crippen LogP contribution in [0.15, 0.2) is 30.5 Å². The molecule has 0 fully saturated rings. The maximum Gasteiger partial charge on any atom is 0.210 e. The molecule has 0 aliphatic heterocycles. The molecule has 2 rings (SSSR count). The van der Waals surface area contributed by atoms with E-state index in [1.54, 1.807) is 12.3 Å². The average Bonchev–Trinajstić information content (AvgIpc) is 2.67. The van der Waals surface area contributed by atoms with Gasteiger partial charge in [-0.1, -0.05) is 29.8 Å². The minimum atomic E-state index is 0.292. The van der Waals surface area contributed by atoms with Gasteiger partial charge in [0.15, 0.2) is 0 Å². The fourth-order valence-electron chi connectivity index (χ4n) is 1.19. The highest BCUT2D eigenvalue weighted by Gasteiger charge is 2.05. The first-order chi connectivity index (χ1) is 6.81. The van der Waals surface area contributed by atoms with Gasteiger partial charge in [-0.05, 0) is 6.07 Å². The molecule has 2 aromatic rings. The van der Waals surface area contributed by atoms with E-state index in [4.69, 9.17) is 16.9 Å². The number of imidazole rings is 1. The molecule has 0 unspecified atom stereocenters. The van der Waals surface area contributed by atoms with Crippen LogP contribution < -0.4 is 0 Å². The monoisotopic (exact) mass is 203 g/mol. The number of aromatic amines is 1. The first-order valence-corrected chi connectivity index (χ1v) is 4.39. The van der Waals surface area contributed by atoms with Gasteiger partial charge < -0.3 is 4.98 Å². The van der Waals surface area contributed by atoms with Crippen LogP contribution in [0.25, 0.3) is 11.3 Å². The molecule has 1 heterocycles. The van der Waals surface area contributed by atoms with Gasteiger partial charge in [0, 0.05) is 10.6 Å². The zero-order valence-electron chi connectivity index (χ0n) is 7.16. The zero-order chi connectivity index (χ0) is 9.97. The average molecular weight is 204 g/mol. The standard InChI is InChI=1S/C10H6ClN3/c11-8-4-2-1-3-7(8)9-6-13-10(5-12)14-9/h1-4,6H,(H,13,14). The highest BCUT2D eigenvalue weighted by molar-refractivity contribution is 6.33. The molecular formula is C10H6ClN3. The summed E-state index contributed by atoms with van der Waals surface area (Å²) in [5.41, 5.74) is 1.61. The minimum Gasteiger partial charge on any atom is -0.329 e. The number of H-pyrrole nitrogens is 1. The normalized spacial score (nSPS) is 9.71. The van der Waals surface area contributed by atoms with Crippen LogP contribution in [0.4, 0.5) is 0 Å². The zero-order valence-corrected chi connectivity index (χ0v) is 7.92. The quantitative estimate of drug-likeness (QED) is 0.775. The van der Waals surface area contributed by atoms with E-state index in [0.717, 1.165) is 11.3 Å². The van der Waals surface area contributed by atoms with E-state index >= 15 is 0 Å². The van der Waals surface area contributed by atoms with Crippen LogP contribution in [0.3, 0.4) is 0 Å². The van der Waals surface area contributed by atoms with Crippen LogP contribution in [0.2, 0.25) is 5.02 Å². The van der Waals surface area contributed by atoms with E-state index in [1.807, 2.05) is 24.3 Å². The maximum atomic E-state index is 8.59. The Morgan fingerprint density at radius 2 is 2.14 bits per heavy atom. The Morgan fingerprint density at radius 1 is 1.36 bits per heavy atom. The van der Waals surface area contributed by atoms with Gasteiger partial charge in [0.2, 0.25) is 5.82 Å². The molecule has 14 heavy (non-hydrogen) atoms. The molecule has 0 radical (unpaired) electrons. The first-order valence-electron chi connectivity index (χ1n) is 4.01. The van der Waals surface area contributed by atoms with E-state index < -0.39 is 0 Å². The lowest BCUT2D eigenvalue weighted by Gasteiger charge is -1.98. The highest BCUT2D eigenvalue weighted by Crippen LogP contribution is 2.25. The highest BCUT2D eigenvalue weighted by atomic mass is 35.5. The SMILES string of the molecule is N#Cc1ncc(-c2ccccc2Cl)[nH]1. The number of halogens is 1. The van der Waals surface area contributed by atoms with Gasteiger partial charge in [-0.15, -0.1) is 0 Å². The second-order valence-corrected chi connectivity index (χ2v) is 3.14. The summed E-state index contributed by atoms with van der Waals surface area (Å²) in [6, 6.07) is 9.33. The summed E-state index contributed by atoms with van der Waals surface area (Å²) in [5, 5.41) is 9.23. The van der Waals surface area contributed by atoms with Crippen molar-refractivity contribution in [3.63, 3.8) is 0 Å². The lowest BCUT2D eigenvalue weighted by molar-refractivity contribution is 1.23. The molecule has 0 saturated carbocycles. The van der Waals surface area contributed by atoms with Crippen LogP contribution in [0.1, 0.15) is 5.82 Å². The number of aromatic nitrogens is 2. The van der Waals surface area contributed by atoms with Crippen LogP contribution in [-0.4, -0.2) is 9.97 Å². The summed E-state index contributed by atoms with van der Waals surface area (Å²) < 4.78 is 0. The summed E-state index contributed by atoms with van der Waals surface area (Å²) >= 11 is 5.98. The van der Waals surface area contributed by atoms with Gasteiger partial charge in [0.1, 0.15) is 6.07 Å². The lowest BCUT2D eigenvalue weighted by atomic mass is 10.2. The fraction of sp³-hybridized carbons (Fsp3) is 0. The third-order valence-corrected chi connectivity index (χ3v) is 2.18. The minimum absolute atomic E-state index is 0.292. The largest absolute Gasteiger partial charge is 0.329 e. The second kappa shape index (κ2) is 3.52. The van der Waals surface area contributed by atoms with Gasteiger partial charge in [-0.3, -0.25) is 0 Å². The van der Waals surface area contributed by atoms with Crippen molar-refractivity contribution >= 4 is 11.6 Å². The number of hydrogen-bond acceptors (Lipinski definition) is 2. The van der Waals surface area contributed by atoms with E-state index in [2.05, 4.69) is 9.97 Å². The molecule has 68 valence electrons. The molecule has 0 spiro atoms. The van der Waals surface area contributed by atoms with Gasteiger partial charge >= 0.3 is 0 Å². The molecule has 0 atom stereocenters. The van der Waals surface area contributed by atoms with Gasteiger partial charge in [-0.25, -0.2) is 4.98 Å². The van der Waals surface area contributed by atoms with Gasteiger partial charge in [0.05, 0.1) is 11.9 Å². The lowest BCUT2D eigenvalue weighted by Crippen LogP contribution is -1.79. The molecule has 4 heteroatoms. The van der Waals surface area contributed by atoms with Crippen molar-refractivity contribution in [3.05, 3.63) is 41.3 Å². The third-order valence-electron chi connectivity index (χ3n) is 1.85. The van der Waals surface area contributed by atoms with Crippen molar-refractivity contribution in [2.45, 2.75) is 0 Å². The Bertz CT molecular complexity index is 496. The fourth-order valence-corrected chi connectivity index (χ4v) is 1.43. The molecule has 0 aliphatic carbocycles. The second-order valence-electron chi connectivity index (χ2n) is 2.74. The third kappa shape index (κ3) is 1.48. The van der Waals surface area contributed by atoms with Crippen molar-refractivity contribution in [2.24, 2.45) is 0 Å². The van der Waals surface area contributed by atoms with Gasteiger partial charge in [0.25, 0.3) is 0 Å². The Kier molecular flexibility index (Phi) is 2.21. The molecule has 3 nitrogen and oxygen atoms in total. The molecular weight excluding hydrogens is 198 g/mol. The first kappa shape index (κ1) is 8.79.